The van der Waals surface area contributed by atoms with Crippen LogP contribution in [0.15, 0.2) is 71.9 Å². The summed E-state index contributed by atoms with van der Waals surface area (Å²) in [6.07, 6.45) is 2.71. The molecule has 0 aliphatic carbocycles. The maximum Gasteiger partial charge on any atom is 0.283 e. The third-order valence-electron chi connectivity index (χ3n) is 5.58. The summed E-state index contributed by atoms with van der Waals surface area (Å²) in [7, 11) is 1.55. The number of amides is 2. The zero-order chi connectivity index (χ0) is 22.9. The van der Waals surface area contributed by atoms with Crippen molar-refractivity contribution in [1.29, 1.82) is 0 Å². The van der Waals surface area contributed by atoms with E-state index in [9.17, 15) is 14.4 Å². The van der Waals surface area contributed by atoms with Crippen LogP contribution in [0.3, 0.4) is 0 Å². The normalized spacial score (nSPS) is 15.7. The number of carbonyl (C=O) groups is 2. The molecule has 0 bridgehead atoms. The number of rotatable bonds is 5. The molecule has 10 heteroatoms. The van der Waals surface area contributed by atoms with Gasteiger partial charge in [-0.3, -0.25) is 19.8 Å². The van der Waals surface area contributed by atoms with Crippen molar-refractivity contribution in [3.05, 3.63) is 77.5 Å². The number of anilines is 1. The standard InChI is InChI=1S/C23H20N6O4/c1-33-18-9-5-8-17(11-18)27-13-15(10-20(27)30)22(31)26-28-14-24-21-19(23(28)32)12-25-29(21)16-6-3-2-4-7-16/h2-9,11-12,14-15H,10,13H2,1H3,(H,26,31). The van der Waals surface area contributed by atoms with E-state index in [4.69, 9.17) is 4.74 Å². The Balaban J connectivity index is 1.36. The van der Waals surface area contributed by atoms with Gasteiger partial charge in [0.05, 0.1) is 24.9 Å². The van der Waals surface area contributed by atoms with Crippen molar-refractivity contribution in [1.82, 2.24) is 19.4 Å². The molecular formula is C23H20N6O4. The quantitative estimate of drug-likeness (QED) is 0.502. The third-order valence-corrected chi connectivity index (χ3v) is 5.58. The maximum atomic E-state index is 12.9. The van der Waals surface area contributed by atoms with E-state index >= 15 is 0 Å². The Labute approximate surface area is 188 Å². The molecule has 1 saturated heterocycles. The second-order valence-electron chi connectivity index (χ2n) is 7.63. The van der Waals surface area contributed by atoms with Crippen LogP contribution in [-0.2, 0) is 9.59 Å². The highest BCUT2D eigenvalue weighted by Gasteiger charge is 2.35. The fraction of sp³-hybridized carbons (Fsp3) is 0.174. The first-order chi connectivity index (χ1) is 16.0. The van der Waals surface area contributed by atoms with Gasteiger partial charge in [0.2, 0.25) is 11.8 Å². The summed E-state index contributed by atoms with van der Waals surface area (Å²) >= 11 is 0. The number of hydrogen-bond donors (Lipinski definition) is 1. The number of fused-ring (bicyclic) bond motifs is 1. The highest BCUT2D eigenvalue weighted by atomic mass is 16.5. The number of nitrogens with zero attached hydrogens (tertiary/aromatic N) is 5. The molecule has 3 heterocycles. The Morgan fingerprint density at radius 2 is 1.88 bits per heavy atom. The first-order valence-corrected chi connectivity index (χ1v) is 10.3. The fourth-order valence-corrected chi connectivity index (χ4v) is 3.87. The minimum atomic E-state index is -0.613. The molecule has 166 valence electrons. The van der Waals surface area contributed by atoms with E-state index in [0.717, 1.165) is 10.4 Å². The second kappa shape index (κ2) is 8.23. The Bertz CT molecular complexity index is 1410. The zero-order valence-electron chi connectivity index (χ0n) is 17.7. The van der Waals surface area contributed by atoms with E-state index in [1.807, 2.05) is 30.3 Å². The summed E-state index contributed by atoms with van der Waals surface area (Å²) < 4.78 is 7.80. The van der Waals surface area contributed by atoms with Gasteiger partial charge in [0.25, 0.3) is 5.56 Å². The number of para-hydroxylation sites is 1. The van der Waals surface area contributed by atoms with Gasteiger partial charge >= 0.3 is 0 Å². The van der Waals surface area contributed by atoms with Crippen LogP contribution in [0, 0.1) is 5.92 Å². The lowest BCUT2D eigenvalue weighted by Gasteiger charge is -2.17. The van der Waals surface area contributed by atoms with E-state index < -0.39 is 17.4 Å². The predicted molar refractivity (Wildman–Crippen MR) is 121 cm³/mol. The van der Waals surface area contributed by atoms with Gasteiger partial charge in [0, 0.05) is 24.7 Å². The van der Waals surface area contributed by atoms with Crippen molar-refractivity contribution in [3.63, 3.8) is 0 Å². The van der Waals surface area contributed by atoms with Gasteiger partial charge in [0.1, 0.15) is 17.5 Å². The van der Waals surface area contributed by atoms with Crippen molar-refractivity contribution >= 4 is 28.5 Å². The molecule has 10 nitrogen and oxygen atoms in total. The van der Waals surface area contributed by atoms with Crippen LogP contribution in [-0.4, -0.2) is 44.9 Å². The summed E-state index contributed by atoms with van der Waals surface area (Å²) in [6, 6.07) is 16.4. The fourth-order valence-electron chi connectivity index (χ4n) is 3.87. The van der Waals surface area contributed by atoms with Crippen molar-refractivity contribution in [2.24, 2.45) is 5.92 Å². The molecule has 4 aromatic rings. The second-order valence-corrected chi connectivity index (χ2v) is 7.63. The molecule has 0 radical (unpaired) electrons. The molecule has 1 aliphatic heterocycles. The number of nitrogens with one attached hydrogen (secondary N) is 1. The van der Waals surface area contributed by atoms with Crippen LogP contribution in [0.1, 0.15) is 6.42 Å². The number of carbonyl (C=O) groups excluding carboxylic acids is 2. The van der Waals surface area contributed by atoms with Gasteiger partial charge in [-0.15, -0.1) is 0 Å². The van der Waals surface area contributed by atoms with Crippen molar-refractivity contribution < 1.29 is 14.3 Å². The predicted octanol–water partition coefficient (Wildman–Crippen LogP) is 1.71. The Morgan fingerprint density at radius 3 is 2.67 bits per heavy atom. The van der Waals surface area contributed by atoms with Gasteiger partial charge in [-0.05, 0) is 24.3 Å². The summed E-state index contributed by atoms with van der Waals surface area (Å²) in [4.78, 5) is 44.1. The van der Waals surface area contributed by atoms with Crippen LogP contribution < -0.4 is 20.6 Å². The molecule has 1 aliphatic rings. The van der Waals surface area contributed by atoms with Crippen molar-refractivity contribution in [2.45, 2.75) is 6.42 Å². The average molecular weight is 444 g/mol. The van der Waals surface area contributed by atoms with Crippen molar-refractivity contribution in [3.8, 4) is 11.4 Å². The summed E-state index contributed by atoms with van der Waals surface area (Å²) in [5.41, 5.74) is 3.93. The Kier molecular flexibility index (Phi) is 5.09. The smallest absolute Gasteiger partial charge is 0.283 e. The molecule has 1 unspecified atom stereocenters. The van der Waals surface area contributed by atoms with E-state index in [1.54, 1.807) is 41.0 Å². The van der Waals surface area contributed by atoms with Gasteiger partial charge < -0.3 is 9.64 Å². The molecule has 33 heavy (non-hydrogen) atoms. The van der Waals surface area contributed by atoms with E-state index in [0.29, 0.717) is 17.1 Å². The molecular weight excluding hydrogens is 424 g/mol. The van der Waals surface area contributed by atoms with Gasteiger partial charge in [-0.25, -0.2) is 14.3 Å². The van der Waals surface area contributed by atoms with E-state index in [1.165, 1.54) is 12.5 Å². The molecule has 1 atom stereocenters. The van der Waals surface area contributed by atoms with Crippen LogP contribution in [0.5, 0.6) is 5.75 Å². The molecule has 5 rings (SSSR count). The lowest BCUT2D eigenvalue weighted by molar-refractivity contribution is -0.123. The largest absolute Gasteiger partial charge is 0.497 e. The zero-order valence-corrected chi connectivity index (χ0v) is 17.7. The highest BCUT2D eigenvalue weighted by Crippen LogP contribution is 2.28. The summed E-state index contributed by atoms with van der Waals surface area (Å²) in [6.45, 7) is 0.203. The van der Waals surface area contributed by atoms with Crippen LogP contribution in [0.4, 0.5) is 5.69 Å². The molecule has 0 saturated carbocycles. The molecule has 2 aromatic heterocycles. The van der Waals surface area contributed by atoms with E-state index in [2.05, 4.69) is 15.5 Å². The lowest BCUT2D eigenvalue weighted by atomic mass is 10.1. The summed E-state index contributed by atoms with van der Waals surface area (Å²) in [5.74, 6) is -0.602. The van der Waals surface area contributed by atoms with Crippen molar-refractivity contribution in [2.75, 3.05) is 24.0 Å². The van der Waals surface area contributed by atoms with Gasteiger partial charge in [0.15, 0.2) is 5.65 Å². The number of benzene rings is 2. The topological polar surface area (TPSA) is 111 Å². The number of methoxy groups -OCH3 is 1. The van der Waals surface area contributed by atoms with Crippen LogP contribution >= 0.6 is 0 Å². The minimum absolute atomic E-state index is 0.0411. The lowest BCUT2D eigenvalue weighted by Crippen LogP contribution is -2.37. The SMILES string of the molecule is COc1cccc(N2CC(C(=O)Nn3cnc4c(cnn4-c4ccccc4)c3=O)CC2=O)c1. The maximum absolute atomic E-state index is 12.9. The molecule has 2 aromatic carbocycles. The molecule has 2 amide bonds. The summed E-state index contributed by atoms with van der Waals surface area (Å²) in [5, 5.41) is 4.52. The Hall–Kier alpha value is -4.47. The number of hydrogen-bond acceptors (Lipinski definition) is 6. The first kappa shape index (κ1) is 20.4. The van der Waals surface area contributed by atoms with Gasteiger partial charge in [-0.2, -0.15) is 5.10 Å². The number of aromatic nitrogens is 4. The van der Waals surface area contributed by atoms with Crippen LogP contribution in [0.25, 0.3) is 16.7 Å². The van der Waals surface area contributed by atoms with Gasteiger partial charge in [-0.1, -0.05) is 24.3 Å². The minimum Gasteiger partial charge on any atom is -0.497 e. The average Bonchev–Trinajstić information content (AvgIpc) is 3.46. The first-order valence-electron chi connectivity index (χ1n) is 10.3. The number of ether oxygens (including phenoxy) is 1. The monoisotopic (exact) mass is 444 g/mol. The molecule has 1 fully saturated rings. The van der Waals surface area contributed by atoms with E-state index in [-0.39, 0.29) is 24.3 Å². The molecule has 0 spiro atoms. The highest BCUT2D eigenvalue weighted by molar-refractivity contribution is 6.02. The third kappa shape index (κ3) is 3.71. The molecule has 1 N–H and O–H groups in total. The van der Waals surface area contributed by atoms with Crippen LogP contribution in [0.2, 0.25) is 0 Å². The Morgan fingerprint density at radius 1 is 1.09 bits per heavy atom.